The van der Waals surface area contributed by atoms with E-state index in [1.165, 1.54) is 11.3 Å². The number of rotatable bonds is 2. The van der Waals surface area contributed by atoms with E-state index in [9.17, 15) is 0 Å². The van der Waals surface area contributed by atoms with E-state index in [1.807, 2.05) is 6.07 Å². The minimum absolute atomic E-state index is 0.520. The van der Waals surface area contributed by atoms with E-state index in [0.29, 0.717) is 6.04 Å². The van der Waals surface area contributed by atoms with Gasteiger partial charge in [0.25, 0.3) is 0 Å². The van der Waals surface area contributed by atoms with Crippen molar-refractivity contribution in [3.8, 4) is 0 Å². The van der Waals surface area contributed by atoms with Crippen molar-refractivity contribution in [3.63, 3.8) is 0 Å². The molecule has 0 spiro atoms. The number of hydrogen-bond acceptors (Lipinski definition) is 2. The summed E-state index contributed by atoms with van der Waals surface area (Å²) in [6.07, 6.45) is 4.62. The number of halogens is 1. The van der Waals surface area contributed by atoms with E-state index in [2.05, 4.69) is 41.1 Å². The molecule has 0 saturated heterocycles. The summed E-state index contributed by atoms with van der Waals surface area (Å²) in [5.41, 5.74) is 3.89. The zero-order chi connectivity index (χ0) is 12.5. The summed E-state index contributed by atoms with van der Waals surface area (Å²) >= 11 is 6.19. The van der Waals surface area contributed by atoms with Crippen LogP contribution in [-0.4, -0.2) is 11.0 Å². The molecule has 0 unspecified atom stereocenters. The van der Waals surface area contributed by atoms with Gasteiger partial charge >= 0.3 is 0 Å². The summed E-state index contributed by atoms with van der Waals surface area (Å²) in [5, 5.41) is 0.745. The highest BCUT2D eigenvalue weighted by molar-refractivity contribution is 6.31. The Kier molecular flexibility index (Phi) is 2.96. The Morgan fingerprint density at radius 1 is 1.33 bits per heavy atom. The van der Waals surface area contributed by atoms with Crippen LogP contribution in [0, 0.1) is 0 Å². The highest BCUT2D eigenvalue weighted by Gasteiger charge is 2.25. The molecule has 1 aliphatic heterocycles. The van der Waals surface area contributed by atoms with Crippen LogP contribution in [0.2, 0.25) is 5.02 Å². The van der Waals surface area contributed by atoms with E-state index < -0.39 is 0 Å². The van der Waals surface area contributed by atoms with Crippen LogP contribution in [0.4, 0.5) is 5.69 Å². The minimum atomic E-state index is 0.520. The molecule has 0 amide bonds. The SMILES string of the molecule is C[C@H]1Cc2ccccc2N1Cc1ccncc1Cl. The normalized spacial score (nSPS) is 17.9. The third kappa shape index (κ3) is 1.97. The molecule has 0 aliphatic carbocycles. The van der Waals surface area contributed by atoms with Gasteiger partial charge < -0.3 is 4.90 Å². The van der Waals surface area contributed by atoms with Crippen molar-refractivity contribution in [1.82, 2.24) is 4.98 Å². The maximum atomic E-state index is 6.19. The molecule has 1 atom stereocenters. The topological polar surface area (TPSA) is 16.1 Å². The quantitative estimate of drug-likeness (QED) is 0.817. The lowest BCUT2D eigenvalue weighted by Crippen LogP contribution is -2.28. The second-order valence-corrected chi connectivity index (χ2v) is 5.18. The van der Waals surface area contributed by atoms with Crippen LogP contribution in [0.5, 0.6) is 0 Å². The van der Waals surface area contributed by atoms with Crippen LogP contribution in [0.1, 0.15) is 18.1 Å². The van der Waals surface area contributed by atoms with Crippen LogP contribution in [-0.2, 0) is 13.0 Å². The van der Waals surface area contributed by atoms with Crippen molar-refractivity contribution in [3.05, 3.63) is 58.9 Å². The molecule has 0 radical (unpaired) electrons. The van der Waals surface area contributed by atoms with E-state index in [4.69, 9.17) is 11.6 Å². The van der Waals surface area contributed by atoms with Gasteiger partial charge in [0.05, 0.1) is 5.02 Å². The van der Waals surface area contributed by atoms with Gasteiger partial charge in [0.2, 0.25) is 0 Å². The van der Waals surface area contributed by atoms with Gasteiger partial charge in [0.1, 0.15) is 0 Å². The molecule has 1 aromatic heterocycles. The minimum Gasteiger partial charge on any atom is -0.364 e. The Bertz CT molecular complexity index is 568. The lowest BCUT2D eigenvalue weighted by Gasteiger charge is -2.25. The van der Waals surface area contributed by atoms with Gasteiger partial charge in [0, 0.05) is 30.7 Å². The maximum Gasteiger partial charge on any atom is 0.0639 e. The molecule has 0 bridgehead atoms. The molecule has 0 N–H and O–H groups in total. The maximum absolute atomic E-state index is 6.19. The predicted molar refractivity (Wildman–Crippen MR) is 75.0 cm³/mol. The Hall–Kier alpha value is -1.54. The molecule has 92 valence electrons. The molecule has 2 nitrogen and oxygen atoms in total. The van der Waals surface area contributed by atoms with Crippen molar-refractivity contribution in [1.29, 1.82) is 0 Å². The summed E-state index contributed by atoms with van der Waals surface area (Å²) in [5.74, 6) is 0. The van der Waals surface area contributed by atoms with Gasteiger partial charge in [0.15, 0.2) is 0 Å². The van der Waals surface area contributed by atoms with Crippen molar-refractivity contribution in [2.24, 2.45) is 0 Å². The van der Waals surface area contributed by atoms with Gasteiger partial charge in [-0.1, -0.05) is 29.8 Å². The van der Waals surface area contributed by atoms with Crippen molar-refractivity contribution >= 4 is 17.3 Å². The first-order chi connectivity index (χ1) is 8.75. The summed E-state index contributed by atoms with van der Waals surface area (Å²) in [6.45, 7) is 3.11. The number of fused-ring (bicyclic) bond motifs is 1. The Labute approximate surface area is 112 Å². The van der Waals surface area contributed by atoms with Crippen molar-refractivity contribution in [2.45, 2.75) is 25.9 Å². The predicted octanol–water partition coefficient (Wildman–Crippen LogP) is 3.69. The molecular formula is C15H15ClN2. The Morgan fingerprint density at radius 2 is 2.17 bits per heavy atom. The van der Waals surface area contributed by atoms with Crippen LogP contribution in [0.15, 0.2) is 42.7 Å². The van der Waals surface area contributed by atoms with E-state index in [1.54, 1.807) is 12.4 Å². The number of hydrogen-bond donors (Lipinski definition) is 0. The van der Waals surface area contributed by atoms with E-state index >= 15 is 0 Å². The smallest absolute Gasteiger partial charge is 0.0639 e. The fourth-order valence-electron chi connectivity index (χ4n) is 2.59. The third-order valence-electron chi connectivity index (χ3n) is 3.55. The molecule has 1 aromatic carbocycles. The van der Waals surface area contributed by atoms with E-state index in [-0.39, 0.29) is 0 Å². The van der Waals surface area contributed by atoms with Crippen LogP contribution < -0.4 is 4.90 Å². The van der Waals surface area contributed by atoms with Gasteiger partial charge in [-0.3, -0.25) is 4.98 Å². The zero-order valence-corrected chi connectivity index (χ0v) is 11.1. The zero-order valence-electron chi connectivity index (χ0n) is 10.3. The first kappa shape index (κ1) is 11.5. The standard InChI is InChI=1S/C15H15ClN2/c1-11-8-12-4-2-3-5-15(12)18(11)10-13-6-7-17-9-14(13)16/h2-7,9,11H,8,10H2,1H3/t11-/m0/s1. The molecule has 3 rings (SSSR count). The molecule has 2 heterocycles. The molecule has 3 heteroatoms. The second-order valence-electron chi connectivity index (χ2n) is 4.78. The summed E-state index contributed by atoms with van der Waals surface area (Å²) in [4.78, 5) is 6.45. The van der Waals surface area contributed by atoms with Crippen LogP contribution in [0.25, 0.3) is 0 Å². The van der Waals surface area contributed by atoms with E-state index in [0.717, 1.165) is 23.6 Å². The fourth-order valence-corrected chi connectivity index (χ4v) is 2.77. The molecule has 0 saturated carbocycles. The molecule has 1 aliphatic rings. The number of nitrogens with zero attached hydrogens (tertiary/aromatic N) is 2. The Morgan fingerprint density at radius 3 is 3.00 bits per heavy atom. The van der Waals surface area contributed by atoms with Crippen LogP contribution >= 0.6 is 11.6 Å². The molecule has 18 heavy (non-hydrogen) atoms. The highest BCUT2D eigenvalue weighted by Crippen LogP contribution is 2.33. The van der Waals surface area contributed by atoms with Crippen molar-refractivity contribution in [2.75, 3.05) is 4.90 Å². The second kappa shape index (κ2) is 4.62. The van der Waals surface area contributed by atoms with Gasteiger partial charge in [-0.15, -0.1) is 0 Å². The Balaban J connectivity index is 1.92. The summed E-state index contributed by atoms with van der Waals surface area (Å²) in [7, 11) is 0. The lowest BCUT2D eigenvalue weighted by molar-refractivity contribution is 0.672. The van der Waals surface area contributed by atoms with Crippen molar-refractivity contribution < 1.29 is 0 Å². The molecule has 0 fully saturated rings. The van der Waals surface area contributed by atoms with Gasteiger partial charge in [-0.25, -0.2) is 0 Å². The first-order valence-electron chi connectivity index (χ1n) is 6.18. The number of pyridine rings is 1. The largest absolute Gasteiger partial charge is 0.364 e. The number of aromatic nitrogens is 1. The summed E-state index contributed by atoms with van der Waals surface area (Å²) in [6, 6.07) is 11.1. The lowest BCUT2D eigenvalue weighted by atomic mass is 10.1. The summed E-state index contributed by atoms with van der Waals surface area (Å²) < 4.78 is 0. The van der Waals surface area contributed by atoms with Crippen LogP contribution in [0.3, 0.4) is 0 Å². The van der Waals surface area contributed by atoms with Gasteiger partial charge in [-0.2, -0.15) is 0 Å². The average molecular weight is 259 g/mol. The monoisotopic (exact) mass is 258 g/mol. The number of anilines is 1. The molecule has 2 aromatic rings. The third-order valence-corrected chi connectivity index (χ3v) is 3.89. The average Bonchev–Trinajstić information content (AvgIpc) is 2.69. The first-order valence-corrected chi connectivity index (χ1v) is 6.56. The molecular weight excluding hydrogens is 244 g/mol. The van der Waals surface area contributed by atoms with Gasteiger partial charge in [-0.05, 0) is 36.6 Å². The fraction of sp³-hybridized carbons (Fsp3) is 0.267. The number of benzene rings is 1. The number of para-hydroxylation sites is 1. The highest BCUT2D eigenvalue weighted by atomic mass is 35.5.